The highest BCUT2D eigenvalue weighted by molar-refractivity contribution is 5.78. The van der Waals surface area contributed by atoms with Gasteiger partial charge < -0.3 is 29.1 Å². The second-order valence-corrected chi connectivity index (χ2v) is 7.86. The zero-order chi connectivity index (χ0) is 21.6. The fourth-order valence-electron chi connectivity index (χ4n) is 3.81. The Morgan fingerprint density at radius 2 is 1.42 bits per heavy atom. The van der Waals surface area contributed by atoms with E-state index in [1.807, 2.05) is 17.0 Å². The van der Waals surface area contributed by atoms with Crippen LogP contribution in [-0.2, 0) is 4.79 Å². The topological polar surface area (TPSA) is 74.3 Å². The number of ether oxygens (including phenoxy) is 2. The molecule has 2 aliphatic heterocycles. The fourth-order valence-corrected chi connectivity index (χ4v) is 3.81. The number of nitrogens with zero attached hydrogens (tertiary/aromatic N) is 6. The van der Waals surface area contributed by atoms with E-state index in [0.29, 0.717) is 18.8 Å². The molecular formula is C22H30N6O3. The maximum Gasteiger partial charge on any atom is 0.260 e. The van der Waals surface area contributed by atoms with Crippen LogP contribution in [0.2, 0.25) is 0 Å². The minimum Gasteiger partial charge on any atom is -0.497 e. The number of carbonyl (C=O) groups excluding carboxylic acids is 1. The Hall–Kier alpha value is -3.07. The minimum atomic E-state index is -0.00344. The summed E-state index contributed by atoms with van der Waals surface area (Å²) in [5, 5.41) is 0. The van der Waals surface area contributed by atoms with E-state index in [1.165, 1.54) is 0 Å². The van der Waals surface area contributed by atoms with Crippen LogP contribution in [0.5, 0.6) is 11.5 Å². The molecule has 0 bridgehead atoms. The average Bonchev–Trinajstić information content (AvgIpc) is 2.83. The van der Waals surface area contributed by atoms with Crippen molar-refractivity contribution in [3.8, 4) is 11.5 Å². The minimum absolute atomic E-state index is 0.00344. The highest BCUT2D eigenvalue weighted by atomic mass is 16.5. The molecule has 2 aromatic rings. The van der Waals surface area contributed by atoms with E-state index in [0.717, 1.165) is 56.7 Å². The molecule has 2 aliphatic rings. The van der Waals surface area contributed by atoms with Gasteiger partial charge in [-0.3, -0.25) is 4.79 Å². The number of hydrogen-bond donors (Lipinski definition) is 0. The number of piperazine rings is 2. The third-order valence-corrected chi connectivity index (χ3v) is 5.84. The van der Waals surface area contributed by atoms with Crippen LogP contribution in [0, 0.1) is 0 Å². The number of methoxy groups -OCH3 is 1. The van der Waals surface area contributed by atoms with Crippen LogP contribution < -0.4 is 19.3 Å². The van der Waals surface area contributed by atoms with Crippen LogP contribution in [0.4, 0.5) is 11.6 Å². The first-order chi connectivity index (χ1) is 15.1. The van der Waals surface area contributed by atoms with E-state index in [2.05, 4.69) is 37.8 Å². The molecule has 1 aromatic carbocycles. The molecule has 0 unspecified atom stereocenters. The quantitative estimate of drug-likeness (QED) is 0.677. The summed E-state index contributed by atoms with van der Waals surface area (Å²) in [5.74, 6) is 3.31. The van der Waals surface area contributed by atoms with Crippen LogP contribution >= 0.6 is 0 Å². The van der Waals surface area contributed by atoms with Crippen molar-refractivity contribution < 1.29 is 14.3 Å². The Morgan fingerprint density at radius 3 is 2.00 bits per heavy atom. The summed E-state index contributed by atoms with van der Waals surface area (Å²) in [6, 6.07) is 9.30. The number of rotatable bonds is 6. The van der Waals surface area contributed by atoms with Crippen LogP contribution in [-0.4, -0.2) is 98.8 Å². The predicted octanol–water partition coefficient (Wildman–Crippen LogP) is 0.965. The van der Waals surface area contributed by atoms with E-state index < -0.39 is 0 Å². The number of hydrogen-bond acceptors (Lipinski definition) is 8. The molecule has 31 heavy (non-hydrogen) atoms. The Labute approximate surface area is 183 Å². The normalized spacial score (nSPS) is 17.5. The monoisotopic (exact) mass is 426 g/mol. The lowest BCUT2D eigenvalue weighted by Gasteiger charge is -2.36. The van der Waals surface area contributed by atoms with Crippen molar-refractivity contribution in [3.63, 3.8) is 0 Å². The fraction of sp³-hybridized carbons (Fsp3) is 0.500. The number of amides is 1. The Morgan fingerprint density at radius 1 is 0.871 bits per heavy atom. The molecule has 0 atom stereocenters. The van der Waals surface area contributed by atoms with E-state index in [1.54, 1.807) is 25.6 Å². The summed E-state index contributed by atoms with van der Waals surface area (Å²) >= 11 is 0. The van der Waals surface area contributed by atoms with Crippen molar-refractivity contribution in [3.05, 3.63) is 36.7 Å². The molecule has 0 radical (unpaired) electrons. The molecule has 1 amide bonds. The molecule has 0 aliphatic carbocycles. The van der Waals surface area contributed by atoms with E-state index in [-0.39, 0.29) is 12.5 Å². The third-order valence-electron chi connectivity index (χ3n) is 5.84. The van der Waals surface area contributed by atoms with Gasteiger partial charge in [-0.25, -0.2) is 9.97 Å². The summed E-state index contributed by atoms with van der Waals surface area (Å²) in [4.78, 5) is 30.2. The number of likely N-dealkylation sites (N-methyl/N-ethyl adjacent to an activating group) is 1. The molecule has 9 heteroatoms. The van der Waals surface area contributed by atoms with Crippen LogP contribution in [0.15, 0.2) is 36.7 Å². The van der Waals surface area contributed by atoms with Gasteiger partial charge in [0.25, 0.3) is 5.91 Å². The maximum absolute atomic E-state index is 12.5. The molecule has 0 spiro atoms. The molecule has 9 nitrogen and oxygen atoms in total. The van der Waals surface area contributed by atoms with Crippen LogP contribution in [0.3, 0.4) is 0 Å². The number of aromatic nitrogens is 2. The Kier molecular flexibility index (Phi) is 6.71. The van der Waals surface area contributed by atoms with E-state index >= 15 is 0 Å². The zero-order valence-electron chi connectivity index (χ0n) is 18.2. The van der Waals surface area contributed by atoms with Crippen LogP contribution in [0.25, 0.3) is 0 Å². The lowest BCUT2D eigenvalue weighted by atomic mass is 10.3. The molecule has 2 fully saturated rings. The molecular weight excluding hydrogens is 396 g/mol. The van der Waals surface area contributed by atoms with Gasteiger partial charge in [-0.2, -0.15) is 0 Å². The number of anilines is 2. The first kappa shape index (κ1) is 21.2. The molecule has 0 N–H and O–H groups in total. The van der Waals surface area contributed by atoms with Crippen LogP contribution in [0.1, 0.15) is 0 Å². The number of benzene rings is 1. The Balaban J connectivity index is 1.27. The Bertz CT molecular complexity index is 862. The van der Waals surface area contributed by atoms with E-state index in [4.69, 9.17) is 9.47 Å². The highest BCUT2D eigenvalue weighted by Gasteiger charge is 2.23. The molecule has 3 heterocycles. The van der Waals surface area contributed by atoms with Gasteiger partial charge in [-0.1, -0.05) is 0 Å². The maximum atomic E-state index is 12.5. The van der Waals surface area contributed by atoms with Crippen molar-refractivity contribution in [1.29, 1.82) is 0 Å². The first-order valence-electron chi connectivity index (χ1n) is 10.7. The van der Waals surface area contributed by atoms with Crippen molar-refractivity contribution in [2.75, 3.05) is 82.9 Å². The number of carbonyl (C=O) groups is 1. The van der Waals surface area contributed by atoms with Crippen molar-refractivity contribution in [1.82, 2.24) is 19.8 Å². The third kappa shape index (κ3) is 5.35. The van der Waals surface area contributed by atoms with Gasteiger partial charge in [-0.05, 0) is 31.3 Å². The van der Waals surface area contributed by atoms with Crippen molar-refractivity contribution >= 4 is 17.5 Å². The average molecular weight is 427 g/mol. The van der Waals surface area contributed by atoms with E-state index in [9.17, 15) is 4.79 Å². The molecule has 166 valence electrons. The van der Waals surface area contributed by atoms with Gasteiger partial charge in [0.05, 0.1) is 7.11 Å². The molecule has 2 saturated heterocycles. The van der Waals surface area contributed by atoms with Gasteiger partial charge in [0.15, 0.2) is 6.61 Å². The SMILES string of the molecule is COc1ccc(OCC(=O)N2CCN(c3cc(N4CCN(C)CC4)ncn3)CC2)cc1. The van der Waals surface area contributed by atoms with Gasteiger partial charge in [-0.15, -0.1) is 0 Å². The highest BCUT2D eigenvalue weighted by Crippen LogP contribution is 2.20. The summed E-state index contributed by atoms with van der Waals surface area (Å²) < 4.78 is 10.8. The summed E-state index contributed by atoms with van der Waals surface area (Å²) in [6.07, 6.45) is 1.64. The first-order valence-corrected chi connectivity index (χ1v) is 10.7. The molecule has 1 aromatic heterocycles. The lowest BCUT2D eigenvalue weighted by Crippen LogP contribution is -2.50. The van der Waals surface area contributed by atoms with Crippen molar-refractivity contribution in [2.24, 2.45) is 0 Å². The van der Waals surface area contributed by atoms with Crippen molar-refractivity contribution in [2.45, 2.75) is 0 Å². The van der Waals surface area contributed by atoms with Gasteiger partial charge >= 0.3 is 0 Å². The summed E-state index contributed by atoms with van der Waals surface area (Å²) in [7, 11) is 3.76. The van der Waals surface area contributed by atoms with Gasteiger partial charge in [0, 0.05) is 58.4 Å². The second kappa shape index (κ2) is 9.82. The standard InChI is InChI=1S/C22H30N6O3/c1-25-7-9-26(10-8-25)20-15-21(24-17-23-20)27-11-13-28(14-12-27)22(29)16-31-19-5-3-18(30-2)4-6-19/h3-6,15,17H,7-14,16H2,1-2H3. The largest absolute Gasteiger partial charge is 0.497 e. The smallest absolute Gasteiger partial charge is 0.260 e. The van der Waals surface area contributed by atoms with Gasteiger partial charge in [0.2, 0.25) is 0 Å². The summed E-state index contributed by atoms with van der Waals surface area (Å²) in [5.41, 5.74) is 0. The van der Waals surface area contributed by atoms with Gasteiger partial charge in [0.1, 0.15) is 29.5 Å². The molecule has 0 saturated carbocycles. The second-order valence-electron chi connectivity index (χ2n) is 7.86. The summed E-state index contributed by atoms with van der Waals surface area (Å²) in [6.45, 7) is 6.86. The predicted molar refractivity (Wildman–Crippen MR) is 119 cm³/mol. The molecule has 4 rings (SSSR count). The zero-order valence-corrected chi connectivity index (χ0v) is 18.2. The lowest BCUT2D eigenvalue weighted by molar-refractivity contribution is -0.133.